The lowest BCUT2D eigenvalue weighted by Crippen LogP contribution is -2.10. The molecule has 1 atom stereocenters. The summed E-state index contributed by atoms with van der Waals surface area (Å²) in [5.41, 5.74) is 4.56. The van der Waals surface area contributed by atoms with Gasteiger partial charge in [0.05, 0.1) is 24.2 Å². The highest BCUT2D eigenvalue weighted by molar-refractivity contribution is 7.59. The van der Waals surface area contributed by atoms with Crippen LogP contribution in [0.2, 0.25) is 0 Å². The Morgan fingerprint density at radius 3 is 2.84 bits per heavy atom. The Hall–Kier alpha value is -3.43. The zero-order valence-electron chi connectivity index (χ0n) is 17.4. The van der Waals surface area contributed by atoms with Crippen LogP contribution in [-0.4, -0.2) is 36.2 Å². The Kier molecular flexibility index (Phi) is 6.11. The van der Waals surface area contributed by atoms with E-state index < -0.39 is 11.9 Å². The molecule has 7 nitrogen and oxygen atoms in total. The van der Waals surface area contributed by atoms with E-state index in [1.165, 1.54) is 17.0 Å². The summed E-state index contributed by atoms with van der Waals surface area (Å²) in [6.07, 6.45) is 6.42. The second-order valence-electron chi connectivity index (χ2n) is 7.47. The Morgan fingerprint density at radius 1 is 1.19 bits per heavy atom. The van der Waals surface area contributed by atoms with Gasteiger partial charge in [0.25, 0.3) is 0 Å². The van der Waals surface area contributed by atoms with Crippen LogP contribution in [0.25, 0.3) is 27.8 Å². The smallest absolute Gasteiger partial charge is 0.163 e. The summed E-state index contributed by atoms with van der Waals surface area (Å²) in [6, 6.07) is 11.4. The van der Waals surface area contributed by atoms with Crippen LogP contribution in [0.4, 0.5) is 10.2 Å². The summed E-state index contributed by atoms with van der Waals surface area (Å²) >= 11 is 0. The molecule has 9 heteroatoms. The van der Waals surface area contributed by atoms with E-state index in [0.717, 1.165) is 18.1 Å². The number of rotatable bonds is 6. The summed E-state index contributed by atoms with van der Waals surface area (Å²) in [5, 5.41) is 19.1. The zero-order chi connectivity index (χ0) is 21.4. The number of anilines is 1. The largest absolute Gasteiger partial charge is 0.389 e. The molecule has 0 fully saturated rings. The van der Waals surface area contributed by atoms with Gasteiger partial charge in [-0.3, -0.25) is 4.98 Å². The maximum Gasteiger partial charge on any atom is 0.163 e. The molecule has 0 saturated heterocycles. The van der Waals surface area contributed by atoms with Crippen LogP contribution in [0.1, 0.15) is 24.2 Å². The van der Waals surface area contributed by atoms with Crippen LogP contribution >= 0.6 is 13.5 Å². The predicted octanol–water partition coefficient (Wildman–Crippen LogP) is 4.23. The molecule has 4 aromatic heterocycles. The van der Waals surface area contributed by atoms with Gasteiger partial charge >= 0.3 is 0 Å². The Bertz CT molecular complexity index is 1380. The van der Waals surface area contributed by atoms with Crippen LogP contribution < -0.4 is 5.32 Å². The predicted molar refractivity (Wildman–Crippen MR) is 128 cm³/mol. The molecule has 0 saturated carbocycles. The fourth-order valence-corrected chi connectivity index (χ4v) is 3.76. The van der Waals surface area contributed by atoms with Crippen LogP contribution in [0.3, 0.4) is 0 Å². The van der Waals surface area contributed by atoms with Gasteiger partial charge in [-0.25, -0.2) is 9.37 Å². The minimum Gasteiger partial charge on any atom is -0.389 e. The summed E-state index contributed by atoms with van der Waals surface area (Å²) in [7, 11) is 0. The molecule has 1 aromatic carbocycles. The molecular weight excluding hydrogens is 427 g/mol. The average molecular weight is 451 g/mol. The number of hydrogen-bond acceptors (Lipinski definition) is 5. The number of hydrogen-bond donors (Lipinski definition) is 3. The quantitative estimate of drug-likeness (QED) is 0.360. The maximum atomic E-state index is 13.7. The number of pyridine rings is 1. The standard InChI is InChI=1S/C23H21FN6O.H2S/c1-14(31)19-13-28-30-22(9-21(29-23(19)30)16-8-17(24)12-25-10-16)26-7-6-15-11-27-20-5-3-2-4-18(15)20;/h2-5,8-14,26-27,31H,6-7H2,1H3;1H2/t14-;/m0./s1. The van der Waals surface area contributed by atoms with E-state index in [1.54, 1.807) is 23.8 Å². The molecule has 3 N–H and O–H groups in total. The van der Waals surface area contributed by atoms with Gasteiger partial charge in [-0.1, -0.05) is 18.2 Å². The lowest BCUT2D eigenvalue weighted by atomic mass is 10.1. The molecule has 0 aliphatic carbocycles. The number of benzene rings is 1. The monoisotopic (exact) mass is 450 g/mol. The van der Waals surface area contributed by atoms with E-state index in [2.05, 4.69) is 37.5 Å². The topological polar surface area (TPSA) is 91.1 Å². The first-order valence-corrected chi connectivity index (χ1v) is 10.1. The molecule has 0 spiro atoms. The number of aromatic nitrogens is 5. The van der Waals surface area contributed by atoms with Crippen molar-refractivity contribution in [1.82, 2.24) is 24.6 Å². The van der Waals surface area contributed by atoms with Crippen molar-refractivity contribution in [3.05, 3.63) is 78.1 Å². The molecule has 4 heterocycles. The van der Waals surface area contributed by atoms with Crippen molar-refractivity contribution in [3.63, 3.8) is 0 Å². The number of nitrogens with zero attached hydrogens (tertiary/aromatic N) is 4. The molecule has 0 unspecified atom stereocenters. The van der Waals surface area contributed by atoms with Crippen molar-refractivity contribution in [2.75, 3.05) is 11.9 Å². The molecule has 5 rings (SSSR count). The van der Waals surface area contributed by atoms with E-state index in [1.807, 2.05) is 24.4 Å². The first-order chi connectivity index (χ1) is 15.1. The molecule has 0 aliphatic heterocycles. The molecule has 32 heavy (non-hydrogen) atoms. The van der Waals surface area contributed by atoms with Crippen LogP contribution in [0, 0.1) is 5.82 Å². The van der Waals surface area contributed by atoms with Gasteiger partial charge in [-0.15, -0.1) is 0 Å². The first kappa shape index (κ1) is 21.8. The summed E-state index contributed by atoms with van der Waals surface area (Å²) in [6.45, 7) is 2.32. The van der Waals surface area contributed by atoms with Crippen molar-refractivity contribution in [3.8, 4) is 11.3 Å². The molecule has 0 amide bonds. The van der Waals surface area contributed by atoms with E-state index in [-0.39, 0.29) is 13.5 Å². The van der Waals surface area contributed by atoms with Gasteiger partial charge < -0.3 is 15.4 Å². The Balaban J connectivity index is 0.00000245. The third kappa shape index (κ3) is 4.04. The van der Waals surface area contributed by atoms with E-state index in [9.17, 15) is 9.50 Å². The number of aromatic amines is 1. The average Bonchev–Trinajstić information content (AvgIpc) is 3.38. The molecule has 5 aromatic rings. The maximum absolute atomic E-state index is 13.7. The molecule has 0 aliphatic rings. The number of aliphatic hydroxyl groups excluding tert-OH is 1. The Labute approximate surface area is 190 Å². The molecule has 164 valence electrons. The molecule has 0 radical (unpaired) electrons. The lowest BCUT2D eigenvalue weighted by molar-refractivity contribution is 0.200. The van der Waals surface area contributed by atoms with Crippen molar-refractivity contribution in [2.45, 2.75) is 19.4 Å². The summed E-state index contributed by atoms with van der Waals surface area (Å²) < 4.78 is 15.4. The van der Waals surface area contributed by atoms with Crippen molar-refractivity contribution in [1.29, 1.82) is 0 Å². The molecular formula is C23H23FN6OS. The fraction of sp³-hybridized carbons (Fsp3) is 0.174. The van der Waals surface area contributed by atoms with Gasteiger partial charge in [-0.2, -0.15) is 23.1 Å². The van der Waals surface area contributed by atoms with Gasteiger partial charge in [0.1, 0.15) is 11.6 Å². The highest BCUT2D eigenvalue weighted by Crippen LogP contribution is 2.26. The van der Waals surface area contributed by atoms with E-state index >= 15 is 0 Å². The second-order valence-corrected chi connectivity index (χ2v) is 7.47. The Morgan fingerprint density at radius 2 is 2.03 bits per heavy atom. The van der Waals surface area contributed by atoms with Gasteiger partial charge in [0.2, 0.25) is 0 Å². The third-order valence-corrected chi connectivity index (χ3v) is 5.33. The minimum absolute atomic E-state index is 0. The van der Waals surface area contributed by atoms with Crippen molar-refractivity contribution >= 4 is 35.9 Å². The number of H-pyrrole nitrogens is 1. The van der Waals surface area contributed by atoms with Crippen molar-refractivity contribution in [2.24, 2.45) is 0 Å². The zero-order valence-corrected chi connectivity index (χ0v) is 18.4. The van der Waals surface area contributed by atoms with Gasteiger partial charge in [-0.05, 0) is 31.0 Å². The summed E-state index contributed by atoms with van der Waals surface area (Å²) in [5.74, 6) is 0.272. The number of para-hydroxylation sites is 1. The first-order valence-electron chi connectivity index (χ1n) is 10.1. The van der Waals surface area contributed by atoms with E-state index in [4.69, 9.17) is 0 Å². The van der Waals surface area contributed by atoms with Crippen molar-refractivity contribution < 1.29 is 9.50 Å². The number of nitrogens with one attached hydrogen (secondary N) is 2. The highest BCUT2D eigenvalue weighted by atomic mass is 32.1. The van der Waals surface area contributed by atoms with Gasteiger partial charge in [0.15, 0.2) is 5.65 Å². The third-order valence-electron chi connectivity index (χ3n) is 5.33. The normalized spacial score (nSPS) is 12.1. The summed E-state index contributed by atoms with van der Waals surface area (Å²) in [4.78, 5) is 11.8. The fourth-order valence-electron chi connectivity index (χ4n) is 3.76. The van der Waals surface area contributed by atoms with Crippen LogP contribution in [0.5, 0.6) is 0 Å². The number of fused-ring (bicyclic) bond motifs is 2. The van der Waals surface area contributed by atoms with Gasteiger partial charge in [0, 0.05) is 47.0 Å². The van der Waals surface area contributed by atoms with E-state index in [0.29, 0.717) is 34.8 Å². The second kappa shape index (κ2) is 8.97. The number of halogens is 1. The van der Waals surface area contributed by atoms with Crippen LogP contribution in [0.15, 0.2) is 61.2 Å². The lowest BCUT2D eigenvalue weighted by Gasteiger charge is -2.12. The SMILES string of the molecule is C[C@H](O)c1cnn2c(NCCc3c[nH]c4ccccc34)cc(-c3cncc(F)c3)nc12.S. The highest BCUT2D eigenvalue weighted by Gasteiger charge is 2.16. The minimum atomic E-state index is -0.732. The molecule has 0 bridgehead atoms. The number of aliphatic hydroxyl groups is 1. The van der Waals surface area contributed by atoms with Crippen LogP contribution in [-0.2, 0) is 6.42 Å².